The molecule has 4 heteroatoms. The Balaban J connectivity index is 2.79. The number of nitrogens with two attached hydrogens (primary N) is 1. The molecule has 0 saturated heterocycles. The first-order valence-electron chi connectivity index (χ1n) is 4.59. The second kappa shape index (κ2) is 4.60. The van der Waals surface area contributed by atoms with E-state index in [4.69, 9.17) is 5.73 Å². The van der Waals surface area contributed by atoms with Crippen LogP contribution >= 0.6 is 0 Å². The zero-order valence-electron chi connectivity index (χ0n) is 8.45. The summed E-state index contributed by atoms with van der Waals surface area (Å²) in [5, 5.41) is 3.15. The van der Waals surface area contributed by atoms with E-state index in [2.05, 4.69) is 24.1 Å². The van der Waals surface area contributed by atoms with Crippen LogP contribution in [0.3, 0.4) is 0 Å². The van der Waals surface area contributed by atoms with Gasteiger partial charge in [0.25, 0.3) is 5.91 Å². The van der Waals surface area contributed by atoms with E-state index in [-0.39, 0.29) is 0 Å². The lowest BCUT2D eigenvalue weighted by molar-refractivity contribution is 0.100. The van der Waals surface area contributed by atoms with Crippen LogP contribution in [0.4, 0.5) is 5.69 Å². The summed E-state index contributed by atoms with van der Waals surface area (Å²) < 4.78 is 0. The van der Waals surface area contributed by atoms with Crippen LogP contribution in [0.2, 0.25) is 0 Å². The maximum absolute atomic E-state index is 11.0. The minimum atomic E-state index is -0.454. The SMILES string of the molecule is CC(C)CNc1ccncc1C(N)=O. The number of rotatable bonds is 4. The van der Waals surface area contributed by atoms with Gasteiger partial charge in [-0.25, -0.2) is 0 Å². The summed E-state index contributed by atoms with van der Waals surface area (Å²) >= 11 is 0. The highest BCUT2D eigenvalue weighted by Gasteiger charge is 2.07. The number of carbonyl (C=O) groups is 1. The molecule has 0 saturated carbocycles. The van der Waals surface area contributed by atoms with Crippen molar-refractivity contribution in [2.24, 2.45) is 11.7 Å². The molecule has 76 valence electrons. The fourth-order valence-electron chi connectivity index (χ4n) is 1.06. The first-order valence-corrected chi connectivity index (χ1v) is 4.59. The zero-order valence-corrected chi connectivity index (χ0v) is 8.45. The van der Waals surface area contributed by atoms with Crippen molar-refractivity contribution >= 4 is 11.6 Å². The maximum Gasteiger partial charge on any atom is 0.252 e. The van der Waals surface area contributed by atoms with Crippen molar-refractivity contribution < 1.29 is 4.79 Å². The van der Waals surface area contributed by atoms with Crippen molar-refractivity contribution in [2.75, 3.05) is 11.9 Å². The highest BCUT2D eigenvalue weighted by molar-refractivity contribution is 5.98. The lowest BCUT2D eigenvalue weighted by Gasteiger charge is -2.10. The van der Waals surface area contributed by atoms with E-state index >= 15 is 0 Å². The third-order valence-corrected chi connectivity index (χ3v) is 1.79. The third kappa shape index (κ3) is 2.73. The Morgan fingerprint density at radius 2 is 2.36 bits per heavy atom. The summed E-state index contributed by atoms with van der Waals surface area (Å²) in [5.74, 6) is 0.0632. The standard InChI is InChI=1S/C10H15N3O/c1-7(2)5-13-9-3-4-12-6-8(9)10(11)14/h3-4,6-7H,5H2,1-2H3,(H2,11,14)(H,12,13). The lowest BCUT2D eigenvalue weighted by Crippen LogP contribution is -2.16. The molecule has 0 aliphatic rings. The number of hydrogen-bond acceptors (Lipinski definition) is 3. The van der Waals surface area contributed by atoms with E-state index in [1.807, 2.05) is 0 Å². The molecule has 3 N–H and O–H groups in total. The van der Waals surface area contributed by atoms with Gasteiger partial charge in [-0.05, 0) is 12.0 Å². The molecule has 0 unspecified atom stereocenters. The zero-order chi connectivity index (χ0) is 10.6. The summed E-state index contributed by atoms with van der Waals surface area (Å²) in [5.41, 5.74) is 6.39. The third-order valence-electron chi connectivity index (χ3n) is 1.79. The van der Waals surface area contributed by atoms with E-state index in [0.717, 1.165) is 12.2 Å². The molecule has 0 fully saturated rings. The minimum Gasteiger partial charge on any atom is -0.384 e. The Morgan fingerprint density at radius 3 is 2.93 bits per heavy atom. The number of aromatic nitrogens is 1. The van der Waals surface area contributed by atoms with Gasteiger partial charge >= 0.3 is 0 Å². The number of amides is 1. The van der Waals surface area contributed by atoms with Crippen molar-refractivity contribution in [1.29, 1.82) is 0 Å². The highest BCUT2D eigenvalue weighted by atomic mass is 16.1. The molecular formula is C10H15N3O. The molecule has 4 nitrogen and oxygen atoms in total. The van der Waals surface area contributed by atoms with Crippen molar-refractivity contribution in [3.8, 4) is 0 Å². The fourth-order valence-corrected chi connectivity index (χ4v) is 1.06. The molecule has 0 radical (unpaired) electrons. The summed E-state index contributed by atoms with van der Waals surface area (Å²) in [7, 11) is 0. The number of carbonyl (C=O) groups excluding carboxylic acids is 1. The maximum atomic E-state index is 11.0. The monoisotopic (exact) mass is 193 g/mol. The molecule has 1 rings (SSSR count). The molecule has 0 aliphatic heterocycles. The van der Waals surface area contributed by atoms with Gasteiger partial charge in [0, 0.05) is 18.9 Å². The van der Waals surface area contributed by atoms with Gasteiger partial charge in [0.2, 0.25) is 0 Å². The topological polar surface area (TPSA) is 68.0 Å². The second-order valence-electron chi connectivity index (χ2n) is 3.56. The van der Waals surface area contributed by atoms with Gasteiger partial charge in [-0.2, -0.15) is 0 Å². The molecule has 1 aromatic rings. The molecule has 1 heterocycles. The first kappa shape index (κ1) is 10.5. The van der Waals surface area contributed by atoms with Gasteiger partial charge in [0.05, 0.1) is 11.3 Å². The molecule has 1 amide bonds. The molecule has 0 bridgehead atoms. The van der Waals surface area contributed by atoms with Crippen LogP contribution in [0, 0.1) is 5.92 Å². The van der Waals surface area contributed by atoms with Crippen LogP contribution in [0.5, 0.6) is 0 Å². The van der Waals surface area contributed by atoms with Gasteiger partial charge in [0.15, 0.2) is 0 Å². The van der Waals surface area contributed by atoms with E-state index < -0.39 is 5.91 Å². The van der Waals surface area contributed by atoms with Crippen LogP contribution in [-0.2, 0) is 0 Å². The summed E-state index contributed by atoms with van der Waals surface area (Å²) in [6.45, 7) is 5.00. The number of primary amides is 1. The van der Waals surface area contributed by atoms with E-state index in [0.29, 0.717) is 11.5 Å². The number of nitrogens with one attached hydrogen (secondary N) is 1. The summed E-state index contributed by atoms with van der Waals surface area (Å²) in [4.78, 5) is 14.9. The van der Waals surface area contributed by atoms with E-state index in [1.54, 1.807) is 12.3 Å². The largest absolute Gasteiger partial charge is 0.384 e. The number of anilines is 1. The predicted molar refractivity (Wildman–Crippen MR) is 56.1 cm³/mol. The van der Waals surface area contributed by atoms with Crippen molar-refractivity contribution in [1.82, 2.24) is 4.98 Å². The number of hydrogen-bond donors (Lipinski definition) is 2. The summed E-state index contributed by atoms with van der Waals surface area (Å²) in [6.07, 6.45) is 3.11. The molecule has 1 aromatic heterocycles. The highest BCUT2D eigenvalue weighted by Crippen LogP contribution is 2.12. The molecule has 0 aliphatic carbocycles. The average molecular weight is 193 g/mol. The second-order valence-corrected chi connectivity index (χ2v) is 3.56. The smallest absolute Gasteiger partial charge is 0.252 e. The van der Waals surface area contributed by atoms with Gasteiger partial charge in [-0.1, -0.05) is 13.8 Å². The lowest BCUT2D eigenvalue weighted by atomic mass is 10.2. The Hall–Kier alpha value is -1.58. The minimum absolute atomic E-state index is 0.438. The Labute approximate surface area is 83.5 Å². The fraction of sp³-hybridized carbons (Fsp3) is 0.400. The van der Waals surface area contributed by atoms with Gasteiger partial charge in [0.1, 0.15) is 0 Å². The van der Waals surface area contributed by atoms with Gasteiger partial charge in [-0.3, -0.25) is 9.78 Å². The quantitative estimate of drug-likeness (QED) is 0.756. The molecule has 0 atom stereocenters. The molecule has 14 heavy (non-hydrogen) atoms. The van der Waals surface area contributed by atoms with Crippen LogP contribution < -0.4 is 11.1 Å². The molecule has 0 aromatic carbocycles. The predicted octanol–water partition coefficient (Wildman–Crippen LogP) is 1.25. The molecular weight excluding hydrogens is 178 g/mol. The van der Waals surface area contributed by atoms with E-state index in [1.165, 1.54) is 6.20 Å². The van der Waals surface area contributed by atoms with Crippen molar-refractivity contribution in [3.05, 3.63) is 24.0 Å². The number of nitrogens with zero attached hydrogens (tertiary/aromatic N) is 1. The number of pyridine rings is 1. The van der Waals surface area contributed by atoms with Crippen LogP contribution in [0.15, 0.2) is 18.5 Å². The summed E-state index contributed by atoms with van der Waals surface area (Å²) in [6, 6.07) is 1.75. The van der Waals surface area contributed by atoms with Crippen molar-refractivity contribution in [3.63, 3.8) is 0 Å². The van der Waals surface area contributed by atoms with Crippen LogP contribution in [0.25, 0.3) is 0 Å². The van der Waals surface area contributed by atoms with Crippen LogP contribution in [0.1, 0.15) is 24.2 Å². The average Bonchev–Trinajstić information content (AvgIpc) is 2.15. The van der Waals surface area contributed by atoms with Crippen molar-refractivity contribution in [2.45, 2.75) is 13.8 Å². The van der Waals surface area contributed by atoms with Gasteiger partial charge in [-0.15, -0.1) is 0 Å². The van der Waals surface area contributed by atoms with E-state index in [9.17, 15) is 4.79 Å². The Bertz CT molecular complexity index is 323. The van der Waals surface area contributed by atoms with Gasteiger partial charge < -0.3 is 11.1 Å². The molecule has 0 spiro atoms. The Kier molecular flexibility index (Phi) is 3.45. The first-order chi connectivity index (χ1) is 6.61. The Morgan fingerprint density at radius 1 is 1.64 bits per heavy atom. The normalized spacial score (nSPS) is 10.2. The van der Waals surface area contributed by atoms with Crippen LogP contribution in [-0.4, -0.2) is 17.4 Å².